The van der Waals surface area contributed by atoms with Crippen LogP contribution in [-0.4, -0.2) is 49.1 Å². The second-order valence-electron chi connectivity index (χ2n) is 9.65. The van der Waals surface area contributed by atoms with E-state index >= 15 is 4.39 Å². The molecular formula is C29H24F2N6O3. The van der Waals surface area contributed by atoms with Gasteiger partial charge in [0.15, 0.2) is 17.5 Å². The highest BCUT2D eigenvalue weighted by molar-refractivity contribution is 5.82. The summed E-state index contributed by atoms with van der Waals surface area (Å²) in [5.41, 5.74) is 1.48. The number of piperidine rings is 1. The monoisotopic (exact) mass is 542 g/mol. The van der Waals surface area contributed by atoms with Gasteiger partial charge in [0.1, 0.15) is 23.5 Å². The van der Waals surface area contributed by atoms with E-state index in [0.717, 1.165) is 11.8 Å². The summed E-state index contributed by atoms with van der Waals surface area (Å²) in [7, 11) is 0. The van der Waals surface area contributed by atoms with Gasteiger partial charge in [-0.3, -0.25) is 9.48 Å². The standard InChI is InChI=1S/C29H24F2N6O3/c30-21-9-5-4-6-19(21)18-37-25(23-10-15-40-35-23)16-24(34-37)26-32-17-22(31)27(33-26)36-13-11-29(12-14-36,28(38)39)20-7-2-1-3-8-20/h1-10,15-17H,11-14,18H2,(H,38,39). The maximum Gasteiger partial charge on any atom is 0.314 e. The first-order valence-electron chi connectivity index (χ1n) is 12.7. The van der Waals surface area contributed by atoms with E-state index in [1.54, 1.807) is 39.9 Å². The molecule has 202 valence electrons. The van der Waals surface area contributed by atoms with Crippen LogP contribution in [0, 0.1) is 11.6 Å². The lowest BCUT2D eigenvalue weighted by atomic mass is 9.73. The van der Waals surface area contributed by atoms with E-state index in [4.69, 9.17) is 4.52 Å². The first kappa shape index (κ1) is 25.4. The van der Waals surface area contributed by atoms with E-state index in [1.165, 1.54) is 12.3 Å². The van der Waals surface area contributed by atoms with Crippen LogP contribution in [0.25, 0.3) is 22.9 Å². The predicted octanol–water partition coefficient (Wildman–Crippen LogP) is 4.94. The number of anilines is 1. The zero-order valence-electron chi connectivity index (χ0n) is 21.2. The minimum absolute atomic E-state index is 0.0729. The van der Waals surface area contributed by atoms with E-state index in [9.17, 15) is 14.3 Å². The minimum Gasteiger partial charge on any atom is -0.481 e. The van der Waals surface area contributed by atoms with E-state index in [0.29, 0.717) is 48.6 Å². The van der Waals surface area contributed by atoms with Crippen LogP contribution in [0.3, 0.4) is 0 Å². The van der Waals surface area contributed by atoms with Gasteiger partial charge >= 0.3 is 5.97 Å². The number of carboxylic acids is 1. The summed E-state index contributed by atoms with van der Waals surface area (Å²) in [4.78, 5) is 22.7. The topological polar surface area (TPSA) is 110 Å². The Morgan fingerprint density at radius 2 is 1.73 bits per heavy atom. The third-order valence-electron chi connectivity index (χ3n) is 7.37. The molecule has 11 heteroatoms. The molecule has 0 amide bonds. The third-order valence-corrected chi connectivity index (χ3v) is 7.37. The predicted molar refractivity (Wildman–Crippen MR) is 141 cm³/mol. The molecule has 0 atom stereocenters. The highest BCUT2D eigenvalue weighted by atomic mass is 19.1. The molecule has 1 N–H and O–H groups in total. The fraction of sp³-hybridized carbons (Fsp3) is 0.207. The number of nitrogens with zero attached hydrogens (tertiary/aromatic N) is 6. The zero-order valence-corrected chi connectivity index (χ0v) is 21.2. The average Bonchev–Trinajstić information content (AvgIpc) is 3.66. The van der Waals surface area contributed by atoms with Gasteiger partial charge in [-0.25, -0.2) is 18.7 Å². The molecule has 0 saturated carbocycles. The highest BCUT2D eigenvalue weighted by Gasteiger charge is 2.43. The molecule has 2 aromatic carbocycles. The lowest BCUT2D eigenvalue weighted by molar-refractivity contribution is -0.144. The molecule has 40 heavy (non-hydrogen) atoms. The van der Waals surface area contributed by atoms with Gasteiger partial charge in [0.05, 0.1) is 23.9 Å². The van der Waals surface area contributed by atoms with Crippen LogP contribution in [0.1, 0.15) is 24.0 Å². The third kappa shape index (κ3) is 4.59. The number of halogens is 2. The Bertz CT molecular complexity index is 1650. The average molecular weight is 543 g/mol. The van der Waals surface area contributed by atoms with Gasteiger partial charge in [-0.1, -0.05) is 53.7 Å². The summed E-state index contributed by atoms with van der Waals surface area (Å²) in [5, 5.41) is 18.7. The van der Waals surface area contributed by atoms with Gasteiger partial charge < -0.3 is 14.5 Å². The molecule has 0 radical (unpaired) electrons. The van der Waals surface area contributed by atoms with Crippen molar-refractivity contribution in [3.63, 3.8) is 0 Å². The van der Waals surface area contributed by atoms with Crippen LogP contribution in [-0.2, 0) is 16.8 Å². The SMILES string of the molecule is O=C(O)C1(c2ccccc2)CCN(c2nc(-c3cc(-c4ccon4)n(Cc4ccccc4F)n3)ncc2F)CC1. The number of hydrogen-bond donors (Lipinski definition) is 1. The molecule has 1 saturated heterocycles. The number of aliphatic carboxylic acids is 1. The lowest BCUT2D eigenvalue weighted by Crippen LogP contribution is -2.47. The fourth-order valence-electron chi connectivity index (χ4n) is 5.17. The molecule has 5 aromatic rings. The molecule has 4 heterocycles. The molecule has 3 aromatic heterocycles. The molecule has 0 bridgehead atoms. The van der Waals surface area contributed by atoms with Crippen molar-refractivity contribution in [3.05, 3.63) is 102 Å². The van der Waals surface area contributed by atoms with Crippen molar-refractivity contribution in [1.82, 2.24) is 24.9 Å². The van der Waals surface area contributed by atoms with Gasteiger partial charge in [0.25, 0.3) is 0 Å². The Labute approximate surface area is 227 Å². The van der Waals surface area contributed by atoms with Crippen molar-refractivity contribution in [2.24, 2.45) is 0 Å². The quantitative estimate of drug-likeness (QED) is 0.308. The van der Waals surface area contributed by atoms with Crippen molar-refractivity contribution >= 4 is 11.8 Å². The van der Waals surface area contributed by atoms with Crippen molar-refractivity contribution in [2.45, 2.75) is 24.8 Å². The summed E-state index contributed by atoms with van der Waals surface area (Å²) in [6.07, 6.45) is 3.09. The molecular weight excluding hydrogens is 518 g/mol. The summed E-state index contributed by atoms with van der Waals surface area (Å²) in [5.74, 6) is -1.64. The van der Waals surface area contributed by atoms with Crippen LogP contribution in [0.15, 0.2) is 83.7 Å². The van der Waals surface area contributed by atoms with Crippen LogP contribution in [0.5, 0.6) is 0 Å². The normalized spacial score (nSPS) is 14.8. The minimum atomic E-state index is -1.05. The van der Waals surface area contributed by atoms with Crippen molar-refractivity contribution < 1.29 is 23.2 Å². The maximum absolute atomic E-state index is 15.0. The second kappa shape index (κ2) is 10.3. The first-order valence-corrected chi connectivity index (χ1v) is 12.7. The van der Waals surface area contributed by atoms with Crippen molar-refractivity contribution in [2.75, 3.05) is 18.0 Å². The zero-order chi connectivity index (χ0) is 27.7. The molecule has 1 aliphatic rings. The molecule has 6 rings (SSSR count). The summed E-state index contributed by atoms with van der Waals surface area (Å²) in [6.45, 7) is 0.701. The van der Waals surface area contributed by atoms with Crippen molar-refractivity contribution in [3.8, 4) is 22.9 Å². The number of rotatable bonds is 7. The number of benzene rings is 2. The van der Waals surface area contributed by atoms with E-state index in [2.05, 4.69) is 20.2 Å². The largest absolute Gasteiger partial charge is 0.481 e. The second-order valence-corrected chi connectivity index (χ2v) is 9.65. The van der Waals surface area contributed by atoms with Gasteiger partial charge in [0, 0.05) is 24.7 Å². The number of hydrogen-bond acceptors (Lipinski definition) is 7. The first-order chi connectivity index (χ1) is 19.4. The molecule has 1 fully saturated rings. The number of aromatic nitrogens is 5. The Kier molecular flexibility index (Phi) is 6.54. The van der Waals surface area contributed by atoms with Gasteiger partial charge in [-0.05, 0) is 30.5 Å². The Balaban J connectivity index is 1.31. The van der Waals surface area contributed by atoms with E-state index in [1.807, 2.05) is 30.3 Å². The van der Waals surface area contributed by atoms with Crippen LogP contribution < -0.4 is 4.90 Å². The van der Waals surface area contributed by atoms with Crippen LogP contribution in [0.4, 0.5) is 14.6 Å². The summed E-state index contributed by atoms with van der Waals surface area (Å²) in [6, 6.07) is 18.9. The van der Waals surface area contributed by atoms with Crippen LogP contribution >= 0.6 is 0 Å². The molecule has 0 unspecified atom stereocenters. The summed E-state index contributed by atoms with van der Waals surface area (Å²) >= 11 is 0. The maximum atomic E-state index is 15.0. The number of carbonyl (C=O) groups is 1. The summed E-state index contributed by atoms with van der Waals surface area (Å²) < 4.78 is 36.0. The Hall–Kier alpha value is -4.93. The molecule has 0 aliphatic carbocycles. The van der Waals surface area contributed by atoms with Crippen LogP contribution in [0.2, 0.25) is 0 Å². The smallest absolute Gasteiger partial charge is 0.314 e. The number of carboxylic acid groups (broad SMARTS) is 1. The Morgan fingerprint density at radius 1 is 0.975 bits per heavy atom. The van der Waals surface area contributed by atoms with E-state index < -0.39 is 17.2 Å². The molecule has 0 spiro atoms. The van der Waals surface area contributed by atoms with Gasteiger partial charge in [0.2, 0.25) is 0 Å². The highest BCUT2D eigenvalue weighted by Crippen LogP contribution is 2.37. The van der Waals surface area contributed by atoms with Gasteiger partial charge in [-0.2, -0.15) is 5.10 Å². The molecule has 1 aliphatic heterocycles. The lowest BCUT2D eigenvalue weighted by Gasteiger charge is -2.39. The Morgan fingerprint density at radius 3 is 2.42 bits per heavy atom. The van der Waals surface area contributed by atoms with Crippen molar-refractivity contribution in [1.29, 1.82) is 0 Å². The molecule has 9 nitrogen and oxygen atoms in total. The fourth-order valence-corrected chi connectivity index (χ4v) is 5.17. The van der Waals surface area contributed by atoms with Gasteiger partial charge in [-0.15, -0.1) is 0 Å². The van der Waals surface area contributed by atoms with E-state index in [-0.39, 0.29) is 24.0 Å².